The Morgan fingerprint density at radius 3 is 2.62 bits per heavy atom. The second-order valence-corrected chi connectivity index (χ2v) is 7.92. The van der Waals surface area contributed by atoms with Gasteiger partial charge in [0.1, 0.15) is 5.82 Å². The van der Waals surface area contributed by atoms with Crippen molar-refractivity contribution in [2.24, 2.45) is 5.92 Å². The summed E-state index contributed by atoms with van der Waals surface area (Å²) in [4.78, 5) is 0.222. The maximum absolute atomic E-state index is 12.9. The van der Waals surface area contributed by atoms with Crippen molar-refractivity contribution < 1.29 is 12.8 Å². The highest BCUT2D eigenvalue weighted by atomic mass is 32.2. The maximum atomic E-state index is 12.9. The van der Waals surface area contributed by atoms with Crippen LogP contribution in [0.5, 0.6) is 0 Å². The van der Waals surface area contributed by atoms with Crippen molar-refractivity contribution in [1.29, 1.82) is 0 Å². The van der Waals surface area contributed by atoms with E-state index in [0.717, 1.165) is 25.8 Å². The molecule has 1 N–H and O–H groups in total. The Morgan fingerprint density at radius 2 is 1.95 bits per heavy atom. The molecule has 0 bridgehead atoms. The van der Waals surface area contributed by atoms with Gasteiger partial charge in [-0.05, 0) is 62.4 Å². The third-order valence-corrected chi connectivity index (χ3v) is 6.01. The van der Waals surface area contributed by atoms with Gasteiger partial charge >= 0.3 is 0 Å². The predicted octanol–water partition coefficient (Wildman–Crippen LogP) is 3.16. The highest BCUT2D eigenvalue weighted by Gasteiger charge is 2.28. The van der Waals surface area contributed by atoms with Crippen LogP contribution >= 0.6 is 0 Å². The van der Waals surface area contributed by atoms with Crippen LogP contribution < -0.4 is 5.32 Å². The molecule has 2 unspecified atom stereocenters. The van der Waals surface area contributed by atoms with E-state index in [-0.39, 0.29) is 10.6 Å². The summed E-state index contributed by atoms with van der Waals surface area (Å²) in [5.74, 6) is 0.175. The molecule has 1 aromatic carbocycles. The topological polar surface area (TPSA) is 46.2 Å². The lowest BCUT2D eigenvalue weighted by Gasteiger charge is -2.20. The number of halogens is 1. The van der Waals surface area contributed by atoms with Crippen molar-refractivity contribution in [3.05, 3.63) is 30.1 Å². The molecule has 0 amide bonds. The summed E-state index contributed by atoms with van der Waals surface area (Å²) in [6, 6.07) is 5.56. The highest BCUT2D eigenvalue weighted by Crippen LogP contribution is 2.29. The largest absolute Gasteiger partial charge is 0.314 e. The Kier molecular flexibility index (Phi) is 5.76. The van der Waals surface area contributed by atoms with Crippen molar-refractivity contribution in [3.63, 3.8) is 0 Å². The van der Waals surface area contributed by atoms with Crippen molar-refractivity contribution >= 4 is 9.84 Å². The third kappa shape index (κ3) is 4.51. The highest BCUT2D eigenvalue weighted by molar-refractivity contribution is 7.91. The van der Waals surface area contributed by atoms with Crippen molar-refractivity contribution in [2.75, 3.05) is 12.3 Å². The van der Waals surface area contributed by atoms with Crippen LogP contribution in [0.2, 0.25) is 0 Å². The Balaban J connectivity index is 1.93. The van der Waals surface area contributed by atoms with Gasteiger partial charge in [0.25, 0.3) is 0 Å². The minimum Gasteiger partial charge on any atom is -0.314 e. The first-order valence-electron chi connectivity index (χ1n) is 7.74. The van der Waals surface area contributed by atoms with Gasteiger partial charge in [-0.3, -0.25) is 0 Å². The van der Waals surface area contributed by atoms with Gasteiger partial charge in [-0.1, -0.05) is 13.3 Å². The van der Waals surface area contributed by atoms with Gasteiger partial charge in [0.2, 0.25) is 0 Å². The quantitative estimate of drug-likeness (QED) is 0.787. The Hall–Kier alpha value is -0.940. The zero-order valence-corrected chi connectivity index (χ0v) is 13.3. The molecule has 2 atom stereocenters. The zero-order valence-electron chi connectivity index (χ0n) is 12.5. The van der Waals surface area contributed by atoms with E-state index in [1.807, 2.05) is 0 Å². The molecule has 118 valence electrons. The fourth-order valence-corrected chi connectivity index (χ4v) is 4.45. The summed E-state index contributed by atoms with van der Waals surface area (Å²) < 4.78 is 37.4. The molecule has 21 heavy (non-hydrogen) atoms. The fraction of sp³-hybridized carbons (Fsp3) is 0.625. The Morgan fingerprint density at radius 1 is 1.24 bits per heavy atom. The van der Waals surface area contributed by atoms with Gasteiger partial charge in [-0.2, -0.15) is 0 Å². The van der Waals surface area contributed by atoms with E-state index in [2.05, 4.69) is 12.2 Å². The van der Waals surface area contributed by atoms with E-state index in [1.165, 1.54) is 30.7 Å². The smallest absolute Gasteiger partial charge is 0.178 e. The molecule has 1 aliphatic rings. The molecule has 0 aliphatic heterocycles. The van der Waals surface area contributed by atoms with Crippen LogP contribution in [0.25, 0.3) is 0 Å². The Bertz CT molecular complexity index is 542. The summed E-state index contributed by atoms with van der Waals surface area (Å²) in [6.07, 6.45) is 5.18. The first kappa shape index (κ1) is 16.4. The van der Waals surface area contributed by atoms with E-state index < -0.39 is 15.7 Å². The van der Waals surface area contributed by atoms with Gasteiger partial charge < -0.3 is 5.32 Å². The Labute approximate surface area is 126 Å². The lowest BCUT2D eigenvalue weighted by atomic mass is 10.0. The molecule has 0 radical (unpaired) electrons. The zero-order chi connectivity index (χ0) is 15.3. The lowest BCUT2D eigenvalue weighted by molar-refractivity contribution is 0.391. The van der Waals surface area contributed by atoms with Gasteiger partial charge in [0.05, 0.1) is 10.6 Å². The van der Waals surface area contributed by atoms with Crippen LogP contribution in [-0.4, -0.2) is 26.8 Å². The van der Waals surface area contributed by atoms with Gasteiger partial charge in [-0.25, -0.2) is 12.8 Å². The van der Waals surface area contributed by atoms with Crippen molar-refractivity contribution in [2.45, 2.75) is 50.0 Å². The summed E-state index contributed by atoms with van der Waals surface area (Å²) in [5.41, 5.74) is 0. The monoisotopic (exact) mass is 313 g/mol. The molecule has 1 aromatic rings. The van der Waals surface area contributed by atoms with E-state index in [1.54, 1.807) is 0 Å². The average Bonchev–Trinajstić information content (AvgIpc) is 2.91. The molecule has 5 heteroatoms. The molecule has 1 saturated carbocycles. The lowest BCUT2D eigenvalue weighted by Crippen LogP contribution is -2.33. The van der Waals surface area contributed by atoms with E-state index in [4.69, 9.17) is 0 Å². The van der Waals surface area contributed by atoms with Crippen LogP contribution in [0, 0.1) is 11.7 Å². The van der Waals surface area contributed by atoms with Crippen LogP contribution in [-0.2, 0) is 9.84 Å². The van der Waals surface area contributed by atoms with Crippen LogP contribution in [0.4, 0.5) is 4.39 Å². The van der Waals surface area contributed by atoms with Crippen molar-refractivity contribution in [1.82, 2.24) is 5.32 Å². The average molecular weight is 313 g/mol. The number of hydrogen-bond acceptors (Lipinski definition) is 3. The molecular formula is C16H24FNO2S. The second-order valence-electron chi connectivity index (χ2n) is 5.81. The first-order chi connectivity index (χ1) is 10.0. The number of nitrogens with one attached hydrogen (secondary N) is 1. The summed E-state index contributed by atoms with van der Waals surface area (Å²) in [5, 5.41) is 3.52. The number of benzene rings is 1. The van der Waals surface area contributed by atoms with Crippen LogP contribution in [0.1, 0.15) is 39.0 Å². The molecule has 1 aliphatic carbocycles. The van der Waals surface area contributed by atoms with Gasteiger partial charge in [-0.15, -0.1) is 0 Å². The standard InChI is InChI=1S/C16H24FNO2S/c1-2-11-18-16-5-3-4-13(16)10-12-21(19,20)15-8-6-14(17)7-9-15/h6-9,13,16,18H,2-5,10-12H2,1H3. The van der Waals surface area contributed by atoms with E-state index >= 15 is 0 Å². The van der Waals surface area contributed by atoms with Crippen LogP contribution in [0.3, 0.4) is 0 Å². The molecule has 0 saturated heterocycles. The summed E-state index contributed by atoms with van der Waals surface area (Å²) >= 11 is 0. The summed E-state index contributed by atoms with van der Waals surface area (Å²) in [7, 11) is -3.30. The molecule has 1 fully saturated rings. The summed E-state index contributed by atoms with van der Waals surface area (Å²) in [6.45, 7) is 3.13. The van der Waals surface area contributed by atoms with Crippen molar-refractivity contribution in [3.8, 4) is 0 Å². The molecule has 0 spiro atoms. The second kappa shape index (κ2) is 7.36. The molecule has 3 nitrogen and oxygen atoms in total. The van der Waals surface area contributed by atoms with Gasteiger partial charge in [0.15, 0.2) is 9.84 Å². The molecule has 2 rings (SSSR count). The first-order valence-corrected chi connectivity index (χ1v) is 9.40. The number of sulfone groups is 1. The number of rotatable bonds is 7. The SMILES string of the molecule is CCCNC1CCCC1CCS(=O)(=O)c1ccc(F)cc1. The molecule has 0 aromatic heterocycles. The van der Waals surface area contributed by atoms with E-state index in [0.29, 0.717) is 18.4 Å². The predicted molar refractivity (Wildman–Crippen MR) is 82.5 cm³/mol. The van der Waals surface area contributed by atoms with Crippen LogP contribution in [0.15, 0.2) is 29.2 Å². The van der Waals surface area contributed by atoms with Gasteiger partial charge in [0, 0.05) is 6.04 Å². The molecule has 0 heterocycles. The number of hydrogen-bond donors (Lipinski definition) is 1. The maximum Gasteiger partial charge on any atom is 0.178 e. The normalized spacial score (nSPS) is 22.6. The minimum absolute atomic E-state index is 0.146. The minimum atomic E-state index is -3.30. The third-order valence-electron chi connectivity index (χ3n) is 4.25. The fourth-order valence-electron chi connectivity index (χ4n) is 3.05. The molecular weight excluding hydrogens is 289 g/mol. The van der Waals surface area contributed by atoms with E-state index in [9.17, 15) is 12.8 Å².